The minimum absolute atomic E-state index is 0.113. The van der Waals surface area contributed by atoms with E-state index in [0.717, 1.165) is 36.1 Å². The van der Waals surface area contributed by atoms with Crippen LogP contribution in [0.3, 0.4) is 0 Å². The lowest BCUT2D eigenvalue weighted by molar-refractivity contribution is 0.679. The molecule has 2 aromatic heterocycles. The highest BCUT2D eigenvalue weighted by Gasteiger charge is 2.18. The Morgan fingerprint density at radius 2 is 2.11 bits per heavy atom. The Morgan fingerprint density at radius 1 is 1.33 bits per heavy atom. The van der Waals surface area contributed by atoms with Gasteiger partial charge in [0.2, 0.25) is 0 Å². The van der Waals surface area contributed by atoms with E-state index in [1.165, 1.54) is 0 Å². The second-order valence-electron chi connectivity index (χ2n) is 4.48. The van der Waals surface area contributed by atoms with Gasteiger partial charge in [0.15, 0.2) is 0 Å². The molecule has 0 radical (unpaired) electrons. The maximum absolute atomic E-state index is 12.0. The van der Waals surface area contributed by atoms with Crippen molar-refractivity contribution in [3.63, 3.8) is 0 Å². The van der Waals surface area contributed by atoms with Crippen molar-refractivity contribution in [2.75, 3.05) is 0 Å². The summed E-state index contributed by atoms with van der Waals surface area (Å²) in [6.07, 6.45) is 6.47. The van der Waals surface area contributed by atoms with Crippen LogP contribution in [0, 0.1) is 4.64 Å². The van der Waals surface area contributed by atoms with E-state index in [2.05, 4.69) is 9.97 Å². The van der Waals surface area contributed by atoms with E-state index in [-0.39, 0.29) is 5.69 Å². The average Bonchev–Trinajstić information content (AvgIpc) is 2.85. The van der Waals surface area contributed by atoms with E-state index in [0.29, 0.717) is 11.2 Å². The summed E-state index contributed by atoms with van der Waals surface area (Å²) in [5.74, 6) is 0. The third kappa shape index (κ3) is 1.90. The molecule has 0 fully saturated rings. The summed E-state index contributed by atoms with van der Waals surface area (Å²) in [6.45, 7) is 0.579. The number of aromatic nitrogens is 3. The van der Waals surface area contributed by atoms with Crippen molar-refractivity contribution >= 4 is 12.2 Å². The van der Waals surface area contributed by atoms with Crippen LogP contribution in [0.15, 0.2) is 29.3 Å². The maximum Gasteiger partial charge on any atom is 0.327 e. The molecule has 2 heterocycles. The van der Waals surface area contributed by atoms with Gasteiger partial charge in [0, 0.05) is 23.7 Å². The van der Waals surface area contributed by atoms with E-state index in [4.69, 9.17) is 12.2 Å². The van der Waals surface area contributed by atoms with Gasteiger partial charge in [-0.2, -0.15) is 0 Å². The molecular weight excluding hydrogens is 246 g/mol. The van der Waals surface area contributed by atoms with E-state index in [9.17, 15) is 4.79 Å². The van der Waals surface area contributed by atoms with Crippen LogP contribution < -0.4 is 5.69 Å². The van der Waals surface area contributed by atoms with Crippen molar-refractivity contribution in [2.45, 2.75) is 25.8 Å². The third-order valence-electron chi connectivity index (χ3n) is 3.34. The van der Waals surface area contributed by atoms with E-state index in [1.54, 1.807) is 17.0 Å². The SMILES string of the molecule is O=c1[nH]c(=S)c2c(n1Cc1ccncc1)CCC2. The molecule has 92 valence electrons. The molecule has 1 aliphatic rings. The Bertz CT molecular complexity index is 688. The minimum Gasteiger partial charge on any atom is -0.298 e. The lowest BCUT2D eigenvalue weighted by Gasteiger charge is -2.11. The summed E-state index contributed by atoms with van der Waals surface area (Å²) in [4.78, 5) is 18.8. The lowest BCUT2D eigenvalue weighted by atomic mass is 10.2. The van der Waals surface area contributed by atoms with Gasteiger partial charge in [-0.05, 0) is 37.0 Å². The number of hydrogen-bond donors (Lipinski definition) is 1. The predicted octanol–water partition coefficient (Wildman–Crippen LogP) is 1.84. The summed E-state index contributed by atoms with van der Waals surface area (Å²) < 4.78 is 2.41. The zero-order chi connectivity index (χ0) is 12.5. The first-order valence-electron chi connectivity index (χ1n) is 5.99. The van der Waals surface area contributed by atoms with Crippen molar-refractivity contribution in [3.8, 4) is 0 Å². The molecule has 2 aromatic rings. The highest BCUT2D eigenvalue weighted by Crippen LogP contribution is 2.21. The van der Waals surface area contributed by atoms with Gasteiger partial charge in [-0.3, -0.25) is 14.5 Å². The van der Waals surface area contributed by atoms with E-state index >= 15 is 0 Å². The van der Waals surface area contributed by atoms with Gasteiger partial charge in [-0.15, -0.1) is 0 Å². The zero-order valence-electron chi connectivity index (χ0n) is 9.85. The quantitative estimate of drug-likeness (QED) is 0.837. The fraction of sp³-hybridized carbons (Fsp3) is 0.308. The van der Waals surface area contributed by atoms with Gasteiger partial charge < -0.3 is 0 Å². The maximum atomic E-state index is 12.0. The Morgan fingerprint density at radius 3 is 2.89 bits per heavy atom. The monoisotopic (exact) mass is 259 g/mol. The standard InChI is InChI=1S/C13H13N3OS/c17-13-15-12(18)10-2-1-3-11(10)16(13)8-9-4-6-14-7-5-9/h4-7H,1-3,8H2,(H,15,17,18). The Labute approximate surface area is 109 Å². The number of H-pyrrole nitrogens is 1. The van der Waals surface area contributed by atoms with Crippen LogP contribution in [0.4, 0.5) is 0 Å². The Kier molecular flexibility index (Phi) is 2.83. The number of nitrogens with one attached hydrogen (secondary N) is 1. The molecule has 5 heteroatoms. The summed E-state index contributed by atoms with van der Waals surface area (Å²) in [5, 5.41) is 0. The predicted molar refractivity (Wildman–Crippen MR) is 71.3 cm³/mol. The number of rotatable bonds is 2. The first-order valence-corrected chi connectivity index (χ1v) is 6.40. The van der Waals surface area contributed by atoms with Crippen LogP contribution in [-0.4, -0.2) is 14.5 Å². The molecule has 0 spiro atoms. The van der Waals surface area contributed by atoms with Crippen LogP contribution >= 0.6 is 12.2 Å². The largest absolute Gasteiger partial charge is 0.327 e. The summed E-state index contributed by atoms with van der Waals surface area (Å²) >= 11 is 5.21. The summed E-state index contributed by atoms with van der Waals surface area (Å²) in [5.41, 5.74) is 3.20. The first-order chi connectivity index (χ1) is 8.75. The number of fused-ring (bicyclic) bond motifs is 1. The lowest BCUT2D eigenvalue weighted by Crippen LogP contribution is -2.27. The first kappa shape index (κ1) is 11.3. The Hall–Kier alpha value is -1.75. The second kappa shape index (κ2) is 4.49. The number of hydrogen-bond acceptors (Lipinski definition) is 3. The van der Waals surface area contributed by atoms with Gasteiger partial charge in [0.1, 0.15) is 4.64 Å². The van der Waals surface area contributed by atoms with Crippen molar-refractivity contribution in [2.24, 2.45) is 0 Å². The highest BCUT2D eigenvalue weighted by atomic mass is 32.1. The molecule has 0 unspecified atom stereocenters. The molecule has 3 rings (SSSR count). The van der Waals surface area contributed by atoms with Crippen molar-refractivity contribution in [3.05, 3.63) is 56.5 Å². The van der Waals surface area contributed by atoms with Gasteiger partial charge in [0.25, 0.3) is 0 Å². The van der Waals surface area contributed by atoms with Gasteiger partial charge in [-0.1, -0.05) is 12.2 Å². The summed E-state index contributed by atoms with van der Waals surface area (Å²) in [7, 11) is 0. The number of aromatic amines is 1. The normalized spacial score (nSPS) is 13.6. The van der Waals surface area contributed by atoms with E-state index < -0.39 is 0 Å². The zero-order valence-corrected chi connectivity index (χ0v) is 10.7. The molecule has 0 saturated heterocycles. The fourth-order valence-corrected chi connectivity index (χ4v) is 2.78. The van der Waals surface area contributed by atoms with Crippen molar-refractivity contribution in [1.29, 1.82) is 0 Å². The highest BCUT2D eigenvalue weighted by molar-refractivity contribution is 7.71. The topological polar surface area (TPSA) is 50.7 Å². The van der Waals surface area contributed by atoms with Crippen molar-refractivity contribution < 1.29 is 0 Å². The second-order valence-corrected chi connectivity index (χ2v) is 4.89. The number of pyridine rings is 1. The van der Waals surface area contributed by atoms with Gasteiger partial charge >= 0.3 is 5.69 Å². The molecular formula is C13H13N3OS. The molecule has 0 aromatic carbocycles. The smallest absolute Gasteiger partial charge is 0.298 e. The molecule has 0 bridgehead atoms. The number of nitrogens with zero attached hydrogens (tertiary/aromatic N) is 2. The third-order valence-corrected chi connectivity index (χ3v) is 3.69. The van der Waals surface area contributed by atoms with Crippen LogP contribution in [0.5, 0.6) is 0 Å². The molecule has 0 aliphatic heterocycles. The summed E-state index contributed by atoms with van der Waals surface area (Å²) in [6, 6.07) is 3.85. The minimum atomic E-state index is -0.113. The Balaban J connectivity index is 2.11. The van der Waals surface area contributed by atoms with Gasteiger partial charge in [0.05, 0.1) is 6.54 Å². The van der Waals surface area contributed by atoms with Crippen LogP contribution in [-0.2, 0) is 19.4 Å². The van der Waals surface area contributed by atoms with Crippen LogP contribution in [0.25, 0.3) is 0 Å². The molecule has 4 nitrogen and oxygen atoms in total. The van der Waals surface area contributed by atoms with Crippen molar-refractivity contribution in [1.82, 2.24) is 14.5 Å². The van der Waals surface area contributed by atoms with Gasteiger partial charge in [-0.25, -0.2) is 4.79 Å². The molecule has 18 heavy (non-hydrogen) atoms. The molecule has 0 saturated carbocycles. The molecule has 1 aliphatic carbocycles. The molecule has 0 atom stereocenters. The van der Waals surface area contributed by atoms with Crippen LogP contribution in [0.2, 0.25) is 0 Å². The van der Waals surface area contributed by atoms with Crippen LogP contribution in [0.1, 0.15) is 23.2 Å². The van der Waals surface area contributed by atoms with E-state index in [1.807, 2.05) is 12.1 Å². The molecule has 0 amide bonds. The molecule has 1 N–H and O–H groups in total. The fourth-order valence-electron chi connectivity index (χ4n) is 2.47. The average molecular weight is 259 g/mol.